The molecule has 2 heterocycles. The predicted molar refractivity (Wildman–Crippen MR) is 230 cm³/mol. The lowest BCUT2D eigenvalue weighted by Crippen LogP contribution is -2.43. The Bertz CT molecular complexity index is 1950. The minimum absolute atomic E-state index is 0.0841. The number of esters is 1. The van der Waals surface area contributed by atoms with Crippen LogP contribution in [0.5, 0.6) is 23.0 Å². The van der Waals surface area contributed by atoms with E-state index in [4.69, 9.17) is 42.9 Å². The molecule has 0 bridgehead atoms. The Labute approximate surface area is 355 Å². The minimum Gasteiger partial charge on any atom is -0.494 e. The van der Waals surface area contributed by atoms with Crippen molar-refractivity contribution in [2.45, 2.75) is 84.7 Å². The van der Waals surface area contributed by atoms with E-state index in [1.807, 2.05) is 66.7 Å². The predicted octanol–water partition coefficient (Wildman–Crippen LogP) is 10.5. The van der Waals surface area contributed by atoms with Crippen LogP contribution in [-0.2, 0) is 30.4 Å². The highest BCUT2D eigenvalue weighted by molar-refractivity contribution is 5.91. The fourth-order valence-corrected chi connectivity index (χ4v) is 7.68. The van der Waals surface area contributed by atoms with Crippen LogP contribution in [0, 0.1) is 10.8 Å². The van der Waals surface area contributed by atoms with E-state index in [0.29, 0.717) is 36.9 Å². The number of hydrogen-bond acceptors (Lipinski definition) is 10. The lowest BCUT2D eigenvalue weighted by Gasteiger charge is -2.37. The van der Waals surface area contributed by atoms with Gasteiger partial charge in [-0.05, 0) is 127 Å². The van der Waals surface area contributed by atoms with Crippen LogP contribution in [0.1, 0.15) is 105 Å². The summed E-state index contributed by atoms with van der Waals surface area (Å²) in [4.78, 5) is 24.4. The maximum Gasteiger partial charge on any atom is 0.343 e. The average Bonchev–Trinajstić information content (AvgIpc) is 3.51. The molecule has 10 heteroatoms. The van der Waals surface area contributed by atoms with E-state index in [2.05, 4.69) is 26.8 Å². The van der Waals surface area contributed by atoms with Crippen LogP contribution in [0.2, 0.25) is 0 Å². The first-order valence-electron chi connectivity index (χ1n) is 21.8. The zero-order chi connectivity index (χ0) is 41.6. The molecule has 1 atom stereocenters. The highest BCUT2D eigenvalue weighted by Gasteiger charge is 2.34. The van der Waals surface area contributed by atoms with Crippen LogP contribution in [0.3, 0.4) is 0 Å². The number of benzene rings is 4. The average molecular weight is 823 g/mol. The van der Waals surface area contributed by atoms with Crippen LogP contribution in [0.4, 0.5) is 0 Å². The summed E-state index contributed by atoms with van der Waals surface area (Å²) in [5.74, 6) is 2.41. The SMILES string of the molecule is CC1c2cc(OOCc3ccc(OCCCCCCOCC4(C)COC4)cc3)ccc2-c2ccc(OC(=O)c3ccc(OCCCCCCOCC4(C)COC4)cc3)cc21. The molecule has 0 saturated carbocycles. The number of fused-ring (bicyclic) bond motifs is 3. The van der Waals surface area contributed by atoms with Gasteiger partial charge in [-0.3, -0.25) is 0 Å². The van der Waals surface area contributed by atoms with Gasteiger partial charge in [0.15, 0.2) is 5.75 Å². The van der Waals surface area contributed by atoms with Crippen LogP contribution in [0.25, 0.3) is 11.1 Å². The lowest BCUT2D eigenvalue weighted by molar-refractivity contribution is -0.217. The molecule has 4 aromatic rings. The Morgan fingerprint density at radius 2 is 1.05 bits per heavy atom. The van der Waals surface area contributed by atoms with Crippen molar-refractivity contribution in [1.29, 1.82) is 0 Å². The first kappa shape index (κ1) is 43.6. The maximum absolute atomic E-state index is 13.1. The molecule has 10 nitrogen and oxygen atoms in total. The van der Waals surface area contributed by atoms with Gasteiger partial charge in [0.25, 0.3) is 0 Å². The zero-order valence-corrected chi connectivity index (χ0v) is 35.7. The Morgan fingerprint density at radius 3 is 1.57 bits per heavy atom. The summed E-state index contributed by atoms with van der Waals surface area (Å²) in [7, 11) is 0. The summed E-state index contributed by atoms with van der Waals surface area (Å²) in [6, 6.07) is 26.9. The Hall–Kier alpha value is -4.45. The van der Waals surface area contributed by atoms with Gasteiger partial charge in [-0.1, -0.05) is 57.9 Å². The van der Waals surface area contributed by atoms with Gasteiger partial charge in [0.1, 0.15) is 23.9 Å². The molecular formula is C50H62O10. The van der Waals surface area contributed by atoms with Crippen molar-refractivity contribution < 1.29 is 47.7 Å². The number of ether oxygens (including phenoxy) is 7. The molecular weight excluding hydrogens is 761 g/mol. The summed E-state index contributed by atoms with van der Waals surface area (Å²) in [5, 5.41) is 0. The second-order valence-electron chi connectivity index (χ2n) is 17.4. The molecule has 0 spiro atoms. The molecule has 4 aromatic carbocycles. The molecule has 0 radical (unpaired) electrons. The molecule has 1 unspecified atom stereocenters. The Kier molecular flexibility index (Phi) is 15.5. The van der Waals surface area contributed by atoms with E-state index in [-0.39, 0.29) is 16.7 Å². The van der Waals surface area contributed by atoms with Crippen LogP contribution < -0.4 is 19.1 Å². The van der Waals surface area contributed by atoms with E-state index in [1.54, 1.807) is 12.1 Å². The van der Waals surface area contributed by atoms with Gasteiger partial charge in [-0.25, -0.2) is 4.79 Å². The smallest absolute Gasteiger partial charge is 0.343 e. The van der Waals surface area contributed by atoms with Gasteiger partial charge in [0, 0.05) is 30.0 Å². The van der Waals surface area contributed by atoms with Crippen LogP contribution >= 0.6 is 0 Å². The second kappa shape index (κ2) is 21.4. The molecule has 0 aromatic heterocycles. The normalized spacial score (nSPS) is 16.9. The molecule has 3 aliphatic rings. The highest BCUT2D eigenvalue weighted by Crippen LogP contribution is 2.47. The number of unbranched alkanes of at least 4 members (excludes halogenated alkanes) is 6. The maximum atomic E-state index is 13.1. The van der Waals surface area contributed by atoms with Crippen molar-refractivity contribution in [3.8, 4) is 34.1 Å². The van der Waals surface area contributed by atoms with Crippen molar-refractivity contribution >= 4 is 5.97 Å². The molecule has 2 aliphatic heterocycles. The first-order valence-corrected chi connectivity index (χ1v) is 21.8. The number of hydrogen-bond donors (Lipinski definition) is 0. The third kappa shape index (κ3) is 12.3. The molecule has 2 saturated heterocycles. The standard InChI is InChI=1S/C50H62O10/c1-37-46-28-42(59-48(51)39-14-18-41(19-15-39)57-27-11-7-5-9-25-53-32-50(3)35-55-36-50)20-22-44(46)45-23-21-43(29-47(37)45)60-58-30-38-12-16-40(17-13-38)56-26-10-6-4-8-24-52-31-49(2)33-54-34-49/h12-23,28-29,37H,4-11,24-27,30-36H2,1-3H3. The Morgan fingerprint density at radius 1 is 0.583 bits per heavy atom. The number of carbonyl (C=O) groups is 1. The quantitative estimate of drug-likeness (QED) is 0.0200. The number of rotatable bonds is 26. The molecule has 0 amide bonds. The van der Waals surface area contributed by atoms with Gasteiger partial charge in [0.2, 0.25) is 0 Å². The monoisotopic (exact) mass is 822 g/mol. The molecule has 2 fully saturated rings. The number of carbonyl (C=O) groups excluding carboxylic acids is 1. The van der Waals surface area contributed by atoms with Crippen molar-refractivity contribution in [2.75, 3.05) is 66.1 Å². The second-order valence-corrected chi connectivity index (χ2v) is 17.4. The molecule has 7 rings (SSSR count). The van der Waals surface area contributed by atoms with E-state index < -0.39 is 5.97 Å². The van der Waals surface area contributed by atoms with Crippen LogP contribution in [0.15, 0.2) is 84.9 Å². The van der Waals surface area contributed by atoms with Gasteiger partial charge in [-0.2, -0.15) is 4.89 Å². The van der Waals surface area contributed by atoms with Crippen molar-refractivity contribution in [3.05, 3.63) is 107 Å². The van der Waals surface area contributed by atoms with Crippen LogP contribution in [-0.4, -0.2) is 72.0 Å². The first-order chi connectivity index (χ1) is 29.3. The summed E-state index contributed by atoms with van der Waals surface area (Å²) in [6.45, 7) is 14.6. The van der Waals surface area contributed by atoms with Gasteiger partial charge in [-0.15, -0.1) is 0 Å². The Balaban J connectivity index is 0.769. The zero-order valence-electron chi connectivity index (χ0n) is 35.7. The topological polar surface area (TPSA) is 100 Å². The summed E-state index contributed by atoms with van der Waals surface area (Å²) >= 11 is 0. The molecule has 60 heavy (non-hydrogen) atoms. The van der Waals surface area contributed by atoms with Crippen molar-refractivity contribution in [1.82, 2.24) is 0 Å². The van der Waals surface area contributed by atoms with Gasteiger partial charge < -0.3 is 38.0 Å². The summed E-state index contributed by atoms with van der Waals surface area (Å²) in [6.07, 6.45) is 8.59. The fourth-order valence-electron chi connectivity index (χ4n) is 7.68. The van der Waals surface area contributed by atoms with E-state index in [9.17, 15) is 4.79 Å². The largest absolute Gasteiger partial charge is 0.494 e. The van der Waals surface area contributed by atoms with Crippen molar-refractivity contribution in [2.24, 2.45) is 10.8 Å². The van der Waals surface area contributed by atoms with E-state index >= 15 is 0 Å². The molecule has 1 aliphatic carbocycles. The van der Waals surface area contributed by atoms with Gasteiger partial charge in [0.05, 0.1) is 58.4 Å². The minimum atomic E-state index is -0.408. The lowest BCUT2D eigenvalue weighted by atomic mass is 9.90. The molecule has 322 valence electrons. The summed E-state index contributed by atoms with van der Waals surface area (Å²) in [5.41, 5.74) is 6.37. The summed E-state index contributed by atoms with van der Waals surface area (Å²) < 4.78 is 39.9. The van der Waals surface area contributed by atoms with Gasteiger partial charge >= 0.3 is 5.97 Å². The highest BCUT2D eigenvalue weighted by atomic mass is 17.2. The fraction of sp³-hybridized carbons (Fsp3) is 0.500. The molecule has 0 N–H and O–H groups in total. The third-order valence-electron chi connectivity index (χ3n) is 11.5. The third-order valence-corrected chi connectivity index (χ3v) is 11.5. The van der Waals surface area contributed by atoms with Crippen molar-refractivity contribution in [3.63, 3.8) is 0 Å². The van der Waals surface area contributed by atoms with E-state index in [1.165, 1.54) is 0 Å². The van der Waals surface area contributed by atoms with E-state index in [0.717, 1.165) is 144 Å².